The Balaban J connectivity index is 1.46. The Bertz CT molecular complexity index is 351. The molecule has 1 saturated carbocycles. The Morgan fingerprint density at radius 3 is 2.19 bits per heavy atom. The highest BCUT2D eigenvalue weighted by atomic mass is 16.2. The van der Waals surface area contributed by atoms with Gasteiger partial charge in [0.1, 0.15) is 0 Å². The van der Waals surface area contributed by atoms with Gasteiger partial charge in [-0.1, -0.05) is 19.3 Å². The molecule has 3 rings (SSSR count). The summed E-state index contributed by atoms with van der Waals surface area (Å²) < 4.78 is 0. The summed E-state index contributed by atoms with van der Waals surface area (Å²) in [5.41, 5.74) is 6.23. The number of amides is 1. The largest absolute Gasteiger partial charge is 0.343 e. The molecule has 0 radical (unpaired) electrons. The molecule has 0 aromatic heterocycles. The molecule has 2 heterocycles. The molecule has 0 unspecified atom stereocenters. The molecule has 2 saturated heterocycles. The van der Waals surface area contributed by atoms with E-state index in [1.807, 2.05) is 0 Å². The Hall–Kier alpha value is -0.610. The van der Waals surface area contributed by atoms with Gasteiger partial charge < -0.3 is 15.5 Å². The van der Waals surface area contributed by atoms with Crippen LogP contribution in [0.15, 0.2) is 0 Å². The molecule has 1 amide bonds. The van der Waals surface area contributed by atoms with Gasteiger partial charge in [0.25, 0.3) is 0 Å². The van der Waals surface area contributed by atoms with Crippen LogP contribution in [0.5, 0.6) is 0 Å². The second-order valence-corrected chi connectivity index (χ2v) is 7.45. The van der Waals surface area contributed by atoms with Crippen molar-refractivity contribution in [2.45, 2.75) is 75.8 Å². The van der Waals surface area contributed by atoms with Crippen molar-refractivity contribution in [2.24, 2.45) is 5.73 Å². The highest BCUT2D eigenvalue weighted by Crippen LogP contribution is 2.30. The molecule has 2 N–H and O–H groups in total. The van der Waals surface area contributed by atoms with Gasteiger partial charge in [0.15, 0.2) is 0 Å². The number of likely N-dealkylation sites (tertiary alicyclic amines) is 2. The molecule has 3 fully saturated rings. The minimum atomic E-state index is -0.207. The summed E-state index contributed by atoms with van der Waals surface area (Å²) in [5, 5.41) is 0. The van der Waals surface area contributed by atoms with E-state index in [4.69, 9.17) is 5.73 Å². The molecule has 4 nitrogen and oxygen atoms in total. The smallest absolute Gasteiger partial charge is 0.224 e. The third kappa shape index (κ3) is 3.78. The quantitative estimate of drug-likeness (QED) is 0.867. The van der Waals surface area contributed by atoms with Crippen molar-refractivity contribution >= 4 is 5.91 Å². The van der Waals surface area contributed by atoms with E-state index in [1.165, 1.54) is 45.2 Å². The second-order valence-electron chi connectivity index (χ2n) is 7.45. The molecule has 1 aliphatic carbocycles. The summed E-state index contributed by atoms with van der Waals surface area (Å²) in [6.45, 7) is 4.42. The van der Waals surface area contributed by atoms with E-state index in [1.54, 1.807) is 0 Å². The normalized spacial score (nSPS) is 28.0. The maximum absolute atomic E-state index is 12.5. The summed E-state index contributed by atoms with van der Waals surface area (Å²) in [6.07, 6.45) is 11.3. The van der Waals surface area contributed by atoms with Crippen LogP contribution in [-0.2, 0) is 4.79 Å². The van der Waals surface area contributed by atoms with Crippen LogP contribution in [0.4, 0.5) is 0 Å². The summed E-state index contributed by atoms with van der Waals surface area (Å²) in [5.74, 6) is 0.305. The van der Waals surface area contributed by atoms with Crippen LogP contribution in [-0.4, -0.2) is 53.5 Å². The van der Waals surface area contributed by atoms with E-state index in [9.17, 15) is 4.79 Å². The maximum Gasteiger partial charge on any atom is 0.224 e. The second kappa shape index (κ2) is 6.66. The van der Waals surface area contributed by atoms with Crippen molar-refractivity contribution in [1.82, 2.24) is 9.80 Å². The first kappa shape index (κ1) is 15.3. The van der Waals surface area contributed by atoms with E-state index in [2.05, 4.69) is 9.80 Å². The van der Waals surface area contributed by atoms with Gasteiger partial charge in [-0.3, -0.25) is 4.79 Å². The fourth-order valence-electron chi connectivity index (χ4n) is 4.43. The summed E-state index contributed by atoms with van der Waals surface area (Å²) in [7, 11) is 0. The molecule has 0 aromatic carbocycles. The lowest BCUT2D eigenvalue weighted by Gasteiger charge is -2.39. The Kier molecular flexibility index (Phi) is 4.85. The van der Waals surface area contributed by atoms with Crippen LogP contribution < -0.4 is 5.73 Å². The van der Waals surface area contributed by atoms with Crippen molar-refractivity contribution in [3.63, 3.8) is 0 Å². The van der Waals surface area contributed by atoms with E-state index in [-0.39, 0.29) is 5.54 Å². The zero-order chi connectivity index (χ0) is 14.7. The van der Waals surface area contributed by atoms with Gasteiger partial charge in [-0.25, -0.2) is 0 Å². The van der Waals surface area contributed by atoms with Gasteiger partial charge in [0, 0.05) is 31.1 Å². The predicted molar refractivity (Wildman–Crippen MR) is 85.0 cm³/mol. The van der Waals surface area contributed by atoms with Crippen LogP contribution in [0.3, 0.4) is 0 Å². The molecule has 0 bridgehead atoms. The van der Waals surface area contributed by atoms with Gasteiger partial charge in [-0.2, -0.15) is 0 Å². The van der Waals surface area contributed by atoms with E-state index < -0.39 is 0 Å². The van der Waals surface area contributed by atoms with Crippen LogP contribution in [0.25, 0.3) is 0 Å². The Labute approximate surface area is 129 Å². The van der Waals surface area contributed by atoms with E-state index in [0.717, 1.165) is 44.8 Å². The lowest BCUT2D eigenvalue weighted by Crippen LogP contribution is -2.50. The number of piperidine rings is 1. The van der Waals surface area contributed by atoms with Crippen LogP contribution in [0.1, 0.15) is 64.2 Å². The summed E-state index contributed by atoms with van der Waals surface area (Å²) in [6, 6.07) is 0.720. The Morgan fingerprint density at radius 1 is 0.952 bits per heavy atom. The van der Waals surface area contributed by atoms with Gasteiger partial charge in [-0.05, 0) is 51.6 Å². The molecule has 120 valence electrons. The number of hydrogen-bond acceptors (Lipinski definition) is 3. The van der Waals surface area contributed by atoms with Crippen LogP contribution in [0, 0.1) is 0 Å². The third-order valence-electron chi connectivity index (χ3n) is 5.83. The number of nitrogens with zero attached hydrogens (tertiary/aromatic N) is 2. The van der Waals surface area contributed by atoms with Gasteiger partial charge in [0.2, 0.25) is 5.91 Å². The first-order chi connectivity index (χ1) is 10.2. The maximum atomic E-state index is 12.5. The molecular formula is C17H31N3O. The van der Waals surface area contributed by atoms with Crippen molar-refractivity contribution in [3.05, 3.63) is 0 Å². The highest BCUT2D eigenvalue weighted by molar-refractivity contribution is 5.77. The first-order valence-electron chi connectivity index (χ1n) is 8.97. The van der Waals surface area contributed by atoms with Crippen molar-refractivity contribution in [1.29, 1.82) is 0 Å². The molecule has 0 spiro atoms. The molecule has 4 heteroatoms. The first-order valence-corrected chi connectivity index (χ1v) is 8.97. The SMILES string of the molecule is NC1(CC(=O)N2CCC(N3CCCC3)CC2)CCCCC1. The number of carbonyl (C=O) groups is 1. The standard InChI is InChI=1S/C17H31N3O/c18-17(8-2-1-3-9-17)14-16(21)20-12-6-15(7-13-20)19-10-4-5-11-19/h15H,1-14,18H2. The van der Waals surface area contributed by atoms with Gasteiger partial charge >= 0.3 is 0 Å². The van der Waals surface area contributed by atoms with E-state index in [0.29, 0.717) is 12.3 Å². The third-order valence-corrected chi connectivity index (χ3v) is 5.83. The minimum Gasteiger partial charge on any atom is -0.343 e. The topological polar surface area (TPSA) is 49.6 Å². The molecule has 21 heavy (non-hydrogen) atoms. The van der Waals surface area contributed by atoms with Gasteiger partial charge in [-0.15, -0.1) is 0 Å². The lowest BCUT2D eigenvalue weighted by molar-refractivity contribution is -0.134. The molecular weight excluding hydrogens is 262 g/mol. The summed E-state index contributed by atoms with van der Waals surface area (Å²) >= 11 is 0. The average molecular weight is 293 g/mol. The van der Waals surface area contributed by atoms with Crippen molar-refractivity contribution < 1.29 is 4.79 Å². The highest BCUT2D eigenvalue weighted by Gasteiger charge is 2.34. The minimum absolute atomic E-state index is 0.207. The van der Waals surface area contributed by atoms with Crippen molar-refractivity contribution in [2.75, 3.05) is 26.2 Å². The average Bonchev–Trinajstić information content (AvgIpc) is 3.02. The summed E-state index contributed by atoms with van der Waals surface area (Å²) in [4.78, 5) is 17.2. The fourth-order valence-corrected chi connectivity index (χ4v) is 4.43. The van der Waals surface area contributed by atoms with Crippen LogP contribution in [0.2, 0.25) is 0 Å². The zero-order valence-corrected chi connectivity index (χ0v) is 13.4. The number of nitrogens with two attached hydrogens (primary N) is 1. The number of rotatable bonds is 3. The zero-order valence-electron chi connectivity index (χ0n) is 13.4. The molecule has 2 aliphatic heterocycles. The monoisotopic (exact) mass is 293 g/mol. The van der Waals surface area contributed by atoms with Crippen molar-refractivity contribution in [3.8, 4) is 0 Å². The number of carbonyl (C=O) groups excluding carboxylic acids is 1. The Morgan fingerprint density at radius 2 is 1.57 bits per heavy atom. The molecule has 0 aromatic rings. The lowest BCUT2D eigenvalue weighted by atomic mass is 9.80. The molecule has 3 aliphatic rings. The predicted octanol–water partition coefficient (Wildman–Crippen LogP) is 2.12. The van der Waals surface area contributed by atoms with E-state index >= 15 is 0 Å². The van der Waals surface area contributed by atoms with Crippen LogP contribution >= 0.6 is 0 Å². The fraction of sp³-hybridized carbons (Fsp3) is 0.941. The van der Waals surface area contributed by atoms with Gasteiger partial charge in [0.05, 0.1) is 0 Å². The number of hydrogen-bond donors (Lipinski definition) is 1. The molecule has 0 atom stereocenters.